The molecule has 112 valence electrons. The molecular weight excluding hydrogens is 270 g/mol. The number of carbonyl (C=O) groups excluding carboxylic acids is 3. The van der Waals surface area contributed by atoms with Crippen molar-refractivity contribution in [1.29, 1.82) is 0 Å². The van der Waals surface area contributed by atoms with Crippen LogP contribution in [0.25, 0.3) is 0 Å². The molecule has 4 atom stereocenters. The molecule has 2 fully saturated rings. The number of rotatable bonds is 8. The van der Waals surface area contributed by atoms with Gasteiger partial charge in [0, 0.05) is 0 Å². The second-order valence-corrected chi connectivity index (χ2v) is 6.09. The molecule has 2 aliphatic carbocycles. The summed E-state index contributed by atoms with van der Waals surface area (Å²) < 4.78 is 0. The Balaban J connectivity index is 2.10. The Labute approximate surface area is 123 Å². The van der Waals surface area contributed by atoms with E-state index in [1.807, 2.05) is 0 Å². The number of aliphatic imine (C=N–C) groups is 3. The van der Waals surface area contributed by atoms with Gasteiger partial charge in [0.15, 0.2) is 0 Å². The number of fused-ring (bicyclic) bond motifs is 2. The molecule has 0 aromatic carbocycles. The van der Waals surface area contributed by atoms with Gasteiger partial charge in [0.2, 0.25) is 18.2 Å². The standard InChI is InChI=1S/C15H19N3O3/c19-9-16-5-1-2-13-12-3-4-15(6-12,8-18-11-21)14(13)7-17-10-20/h12-14H,1-8H2. The second kappa shape index (κ2) is 7.24. The maximum Gasteiger partial charge on any atom is 0.234 e. The summed E-state index contributed by atoms with van der Waals surface area (Å²) in [5, 5.41) is 0. The van der Waals surface area contributed by atoms with Crippen molar-refractivity contribution >= 4 is 18.2 Å². The molecule has 0 N–H and O–H groups in total. The first-order valence-electron chi connectivity index (χ1n) is 7.38. The third kappa shape index (κ3) is 3.25. The molecule has 0 aromatic rings. The lowest BCUT2D eigenvalue weighted by Gasteiger charge is -2.37. The van der Waals surface area contributed by atoms with Crippen molar-refractivity contribution < 1.29 is 14.4 Å². The first kappa shape index (κ1) is 15.5. The van der Waals surface area contributed by atoms with Crippen LogP contribution in [-0.2, 0) is 14.4 Å². The van der Waals surface area contributed by atoms with Crippen LogP contribution >= 0.6 is 0 Å². The zero-order valence-electron chi connectivity index (χ0n) is 12.0. The highest BCUT2D eigenvalue weighted by atomic mass is 16.1. The van der Waals surface area contributed by atoms with Crippen LogP contribution in [0.15, 0.2) is 15.0 Å². The maximum atomic E-state index is 10.5. The average molecular weight is 289 g/mol. The number of isocyanates is 3. The summed E-state index contributed by atoms with van der Waals surface area (Å²) in [4.78, 5) is 42.2. The highest BCUT2D eigenvalue weighted by Gasteiger charge is 2.56. The van der Waals surface area contributed by atoms with E-state index in [0.717, 1.165) is 32.1 Å². The van der Waals surface area contributed by atoms with Gasteiger partial charge in [0.1, 0.15) is 0 Å². The zero-order valence-corrected chi connectivity index (χ0v) is 12.0. The van der Waals surface area contributed by atoms with Gasteiger partial charge < -0.3 is 0 Å². The van der Waals surface area contributed by atoms with Crippen LogP contribution in [-0.4, -0.2) is 37.9 Å². The average Bonchev–Trinajstić information content (AvgIpc) is 3.04. The smallest absolute Gasteiger partial charge is 0.211 e. The Morgan fingerprint density at radius 1 is 1.05 bits per heavy atom. The Bertz CT molecular complexity index is 516. The van der Waals surface area contributed by atoms with E-state index in [2.05, 4.69) is 15.0 Å². The van der Waals surface area contributed by atoms with Crippen molar-refractivity contribution in [2.45, 2.75) is 32.1 Å². The summed E-state index contributed by atoms with van der Waals surface area (Å²) >= 11 is 0. The maximum absolute atomic E-state index is 10.5. The highest BCUT2D eigenvalue weighted by Crippen LogP contribution is 2.61. The minimum absolute atomic E-state index is 0.0129. The highest BCUT2D eigenvalue weighted by molar-refractivity contribution is 5.34. The van der Waals surface area contributed by atoms with E-state index in [-0.39, 0.29) is 11.3 Å². The van der Waals surface area contributed by atoms with Gasteiger partial charge in [-0.25, -0.2) is 29.4 Å². The molecule has 4 unspecified atom stereocenters. The predicted octanol–water partition coefficient (Wildman–Crippen LogP) is 1.81. The summed E-state index contributed by atoms with van der Waals surface area (Å²) in [5.41, 5.74) is -0.0129. The first-order chi connectivity index (χ1) is 10.3. The van der Waals surface area contributed by atoms with Crippen molar-refractivity contribution in [3.8, 4) is 0 Å². The SMILES string of the molecule is O=C=NCCCC1C2CCC(CN=C=O)(C2)C1CN=C=O. The Hall–Kier alpha value is -1.86. The van der Waals surface area contributed by atoms with Gasteiger partial charge in [-0.05, 0) is 55.3 Å². The van der Waals surface area contributed by atoms with E-state index in [0.29, 0.717) is 31.5 Å². The Morgan fingerprint density at radius 3 is 2.52 bits per heavy atom. The van der Waals surface area contributed by atoms with E-state index in [1.54, 1.807) is 18.2 Å². The van der Waals surface area contributed by atoms with Gasteiger partial charge in [-0.2, -0.15) is 0 Å². The molecule has 2 bridgehead atoms. The summed E-state index contributed by atoms with van der Waals surface area (Å²) in [6.45, 7) is 1.43. The lowest BCUT2D eigenvalue weighted by Crippen LogP contribution is -2.35. The third-order valence-electron chi connectivity index (χ3n) is 5.27. The zero-order chi connectivity index (χ0) is 15.1. The van der Waals surface area contributed by atoms with E-state index >= 15 is 0 Å². The fourth-order valence-corrected chi connectivity index (χ4v) is 4.49. The van der Waals surface area contributed by atoms with Crippen molar-refractivity contribution in [2.24, 2.45) is 38.1 Å². The van der Waals surface area contributed by atoms with Gasteiger partial charge in [-0.15, -0.1) is 0 Å². The van der Waals surface area contributed by atoms with E-state index in [9.17, 15) is 14.4 Å². The third-order valence-corrected chi connectivity index (χ3v) is 5.27. The monoisotopic (exact) mass is 289 g/mol. The van der Waals surface area contributed by atoms with Crippen LogP contribution in [0.5, 0.6) is 0 Å². The predicted molar refractivity (Wildman–Crippen MR) is 75.0 cm³/mol. The van der Waals surface area contributed by atoms with Gasteiger partial charge >= 0.3 is 0 Å². The van der Waals surface area contributed by atoms with Crippen molar-refractivity contribution in [2.75, 3.05) is 19.6 Å². The molecule has 0 amide bonds. The van der Waals surface area contributed by atoms with Crippen LogP contribution in [0, 0.1) is 23.2 Å². The van der Waals surface area contributed by atoms with Crippen LogP contribution in [0.4, 0.5) is 0 Å². The number of hydrogen-bond acceptors (Lipinski definition) is 6. The Morgan fingerprint density at radius 2 is 1.81 bits per heavy atom. The lowest BCUT2D eigenvalue weighted by molar-refractivity contribution is 0.135. The molecule has 2 aliphatic rings. The Kier molecular flexibility index (Phi) is 5.35. The quantitative estimate of drug-likeness (QED) is 0.388. The molecule has 6 nitrogen and oxygen atoms in total. The minimum Gasteiger partial charge on any atom is -0.211 e. The van der Waals surface area contributed by atoms with Gasteiger partial charge in [-0.1, -0.05) is 0 Å². The summed E-state index contributed by atoms with van der Waals surface area (Å²) in [6, 6.07) is 0. The molecule has 0 spiro atoms. The van der Waals surface area contributed by atoms with Crippen LogP contribution in [0.2, 0.25) is 0 Å². The molecule has 0 radical (unpaired) electrons. The molecule has 2 rings (SSSR count). The fraction of sp³-hybridized carbons (Fsp3) is 0.800. The molecule has 0 aromatic heterocycles. The van der Waals surface area contributed by atoms with Crippen molar-refractivity contribution in [3.05, 3.63) is 0 Å². The molecular formula is C15H19N3O3. The van der Waals surface area contributed by atoms with Crippen LogP contribution in [0.3, 0.4) is 0 Å². The lowest BCUT2D eigenvalue weighted by atomic mass is 9.69. The molecule has 6 heteroatoms. The fourth-order valence-electron chi connectivity index (χ4n) is 4.49. The minimum atomic E-state index is -0.0129. The van der Waals surface area contributed by atoms with Crippen molar-refractivity contribution in [1.82, 2.24) is 0 Å². The molecule has 0 heterocycles. The van der Waals surface area contributed by atoms with Gasteiger partial charge in [0.25, 0.3) is 0 Å². The topological polar surface area (TPSA) is 88.3 Å². The van der Waals surface area contributed by atoms with Crippen molar-refractivity contribution in [3.63, 3.8) is 0 Å². The summed E-state index contributed by atoms with van der Waals surface area (Å²) in [5.74, 6) is 1.31. The molecule has 2 saturated carbocycles. The summed E-state index contributed by atoms with van der Waals surface area (Å²) in [6.07, 6.45) is 9.82. The normalized spacial score (nSPS) is 32.9. The van der Waals surface area contributed by atoms with Crippen LogP contribution < -0.4 is 0 Å². The molecule has 0 aliphatic heterocycles. The van der Waals surface area contributed by atoms with E-state index in [1.165, 1.54) is 0 Å². The van der Waals surface area contributed by atoms with Gasteiger partial charge in [0.05, 0.1) is 19.6 Å². The van der Waals surface area contributed by atoms with E-state index in [4.69, 9.17) is 0 Å². The molecule has 0 saturated heterocycles. The first-order valence-corrected chi connectivity index (χ1v) is 7.38. The second-order valence-electron chi connectivity index (χ2n) is 6.09. The number of nitrogens with zero attached hydrogens (tertiary/aromatic N) is 3. The number of hydrogen-bond donors (Lipinski definition) is 0. The van der Waals surface area contributed by atoms with Gasteiger partial charge in [-0.3, -0.25) is 0 Å². The molecule has 21 heavy (non-hydrogen) atoms. The largest absolute Gasteiger partial charge is 0.234 e. The van der Waals surface area contributed by atoms with E-state index < -0.39 is 0 Å². The summed E-state index contributed by atoms with van der Waals surface area (Å²) in [7, 11) is 0. The van der Waals surface area contributed by atoms with Crippen LogP contribution in [0.1, 0.15) is 32.1 Å².